The molecule has 0 heterocycles. The molecule has 0 aliphatic heterocycles. The Hall–Kier alpha value is -0.960. The van der Waals surface area contributed by atoms with Gasteiger partial charge in [0.05, 0.1) is 0 Å². The Bertz CT molecular complexity index is 365. The zero-order valence-corrected chi connectivity index (χ0v) is 9.47. The van der Waals surface area contributed by atoms with Gasteiger partial charge >= 0.3 is 0 Å². The molecule has 2 rings (SSSR count). The van der Waals surface area contributed by atoms with E-state index in [1.54, 1.807) is 12.1 Å². The number of benzene rings is 1. The summed E-state index contributed by atoms with van der Waals surface area (Å²) in [7, 11) is 1.90. The van der Waals surface area contributed by atoms with Crippen molar-refractivity contribution < 1.29 is 8.78 Å². The lowest BCUT2D eigenvalue weighted by atomic mass is 9.88. The van der Waals surface area contributed by atoms with E-state index in [2.05, 4.69) is 5.32 Å². The predicted octanol–water partition coefficient (Wildman–Crippen LogP) is 3.07. The summed E-state index contributed by atoms with van der Waals surface area (Å²) < 4.78 is 26.8. The number of hydrogen-bond donors (Lipinski definition) is 1. The number of hydrogen-bond acceptors (Lipinski definition) is 1. The van der Waals surface area contributed by atoms with Crippen LogP contribution in [0.15, 0.2) is 18.2 Å². The second kappa shape index (κ2) is 4.91. The maximum absolute atomic E-state index is 13.7. The Balaban J connectivity index is 2.25. The van der Waals surface area contributed by atoms with E-state index in [1.165, 1.54) is 6.07 Å². The van der Waals surface area contributed by atoms with Crippen LogP contribution in [0.1, 0.15) is 30.7 Å². The molecular weight excluding hydrogens is 208 g/mol. The van der Waals surface area contributed by atoms with Crippen molar-refractivity contribution in [2.45, 2.75) is 25.2 Å². The molecular formula is C13H17F2N. The maximum atomic E-state index is 13.7. The molecule has 1 saturated carbocycles. The molecule has 0 bridgehead atoms. The SMILES string of the molecule is CNCC1CCCC1c1cccc(F)c1F. The Kier molecular flexibility index (Phi) is 3.54. The van der Waals surface area contributed by atoms with Gasteiger partial charge in [0, 0.05) is 0 Å². The monoisotopic (exact) mass is 225 g/mol. The van der Waals surface area contributed by atoms with E-state index in [1.807, 2.05) is 7.05 Å². The van der Waals surface area contributed by atoms with Crippen LogP contribution in [-0.2, 0) is 0 Å². The van der Waals surface area contributed by atoms with Crippen molar-refractivity contribution in [2.24, 2.45) is 5.92 Å². The first-order valence-electron chi connectivity index (χ1n) is 5.82. The number of nitrogens with one attached hydrogen (secondary N) is 1. The van der Waals surface area contributed by atoms with E-state index >= 15 is 0 Å². The van der Waals surface area contributed by atoms with Crippen molar-refractivity contribution in [3.8, 4) is 0 Å². The maximum Gasteiger partial charge on any atom is 0.162 e. The minimum absolute atomic E-state index is 0.170. The molecule has 0 spiro atoms. The van der Waals surface area contributed by atoms with Gasteiger partial charge in [0.1, 0.15) is 0 Å². The highest BCUT2D eigenvalue weighted by atomic mass is 19.2. The van der Waals surface area contributed by atoms with Gasteiger partial charge in [-0.25, -0.2) is 8.78 Å². The molecule has 1 aliphatic rings. The second-order valence-corrected chi connectivity index (χ2v) is 4.50. The third kappa shape index (κ3) is 2.09. The third-order valence-corrected chi connectivity index (χ3v) is 3.51. The van der Waals surface area contributed by atoms with Crippen molar-refractivity contribution in [1.82, 2.24) is 5.32 Å². The first kappa shape index (κ1) is 11.5. The van der Waals surface area contributed by atoms with Crippen LogP contribution in [0.4, 0.5) is 8.78 Å². The molecule has 2 atom stereocenters. The van der Waals surface area contributed by atoms with Gasteiger partial charge in [0.2, 0.25) is 0 Å². The van der Waals surface area contributed by atoms with E-state index in [9.17, 15) is 8.78 Å². The first-order valence-corrected chi connectivity index (χ1v) is 5.82. The summed E-state index contributed by atoms with van der Waals surface area (Å²) in [4.78, 5) is 0. The van der Waals surface area contributed by atoms with Gasteiger partial charge in [-0.15, -0.1) is 0 Å². The Morgan fingerprint density at radius 2 is 2.12 bits per heavy atom. The van der Waals surface area contributed by atoms with Gasteiger partial charge in [0.25, 0.3) is 0 Å². The van der Waals surface area contributed by atoms with Gasteiger partial charge in [-0.2, -0.15) is 0 Å². The molecule has 0 aromatic heterocycles. The van der Waals surface area contributed by atoms with Crippen molar-refractivity contribution in [3.63, 3.8) is 0 Å². The minimum Gasteiger partial charge on any atom is -0.319 e. The molecule has 1 N–H and O–H groups in total. The van der Waals surface area contributed by atoms with Crippen LogP contribution in [0.5, 0.6) is 0 Å². The van der Waals surface area contributed by atoms with Crippen LogP contribution >= 0.6 is 0 Å². The number of halogens is 2. The lowest BCUT2D eigenvalue weighted by molar-refractivity contribution is 0.431. The zero-order chi connectivity index (χ0) is 11.5. The Labute approximate surface area is 94.9 Å². The minimum atomic E-state index is -0.729. The van der Waals surface area contributed by atoms with Crippen LogP contribution in [-0.4, -0.2) is 13.6 Å². The molecule has 16 heavy (non-hydrogen) atoms. The van der Waals surface area contributed by atoms with Crippen LogP contribution in [0.25, 0.3) is 0 Å². The normalized spacial score (nSPS) is 24.9. The summed E-state index contributed by atoms with van der Waals surface area (Å²) in [6.45, 7) is 0.876. The van der Waals surface area contributed by atoms with Crippen molar-refractivity contribution in [2.75, 3.05) is 13.6 Å². The highest BCUT2D eigenvalue weighted by Gasteiger charge is 2.30. The smallest absolute Gasteiger partial charge is 0.162 e. The first-order chi connectivity index (χ1) is 7.74. The van der Waals surface area contributed by atoms with Crippen LogP contribution < -0.4 is 5.32 Å². The van der Waals surface area contributed by atoms with Crippen molar-refractivity contribution >= 4 is 0 Å². The Morgan fingerprint density at radius 3 is 2.88 bits per heavy atom. The fourth-order valence-electron chi connectivity index (χ4n) is 2.76. The van der Waals surface area contributed by atoms with Gasteiger partial charge in [0.15, 0.2) is 11.6 Å². The standard InChI is InChI=1S/C13H17F2N/c1-16-8-9-4-2-5-10(9)11-6-3-7-12(14)13(11)15/h3,6-7,9-10,16H,2,4-5,8H2,1H3. The largest absolute Gasteiger partial charge is 0.319 e. The predicted molar refractivity (Wildman–Crippen MR) is 60.4 cm³/mol. The lowest BCUT2D eigenvalue weighted by Gasteiger charge is -2.20. The molecule has 0 radical (unpaired) electrons. The average Bonchev–Trinajstić information content (AvgIpc) is 2.71. The molecule has 3 heteroatoms. The van der Waals surface area contributed by atoms with Gasteiger partial charge in [-0.05, 0) is 49.9 Å². The van der Waals surface area contributed by atoms with Crippen molar-refractivity contribution in [1.29, 1.82) is 0 Å². The summed E-state index contributed by atoms with van der Waals surface area (Å²) in [6, 6.07) is 4.50. The fourth-order valence-corrected chi connectivity index (χ4v) is 2.76. The van der Waals surface area contributed by atoms with E-state index in [0.29, 0.717) is 11.5 Å². The quantitative estimate of drug-likeness (QED) is 0.833. The zero-order valence-electron chi connectivity index (χ0n) is 9.47. The van der Waals surface area contributed by atoms with E-state index in [0.717, 1.165) is 25.8 Å². The molecule has 1 aromatic carbocycles. The molecule has 0 saturated heterocycles. The molecule has 88 valence electrons. The summed E-state index contributed by atoms with van der Waals surface area (Å²) >= 11 is 0. The molecule has 1 nitrogen and oxygen atoms in total. The average molecular weight is 225 g/mol. The van der Waals surface area contributed by atoms with Gasteiger partial charge in [-0.3, -0.25) is 0 Å². The molecule has 1 fully saturated rings. The van der Waals surface area contributed by atoms with E-state index < -0.39 is 11.6 Å². The van der Waals surface area contributed by atoms with Gasteiger partial charge in [-0.1, -0.05) is 18.6 Å². The highest BCUT2D eigenvalue weighted by Crippen LogP contribution is 2.40. The second-order valence-electron chi connectivity index (χ2n) is 4.50. The molecule has 2 unspecified atom stereocenters. The summed E-state index contributed by atoms with van der Waals surface area (Å²) in [5, 5.41) is 3.13. The Morgan fingerprint density at radius 1 is 1.31 bits per heavy atom. The molecule has 0 amide bonds. The molecule has 1 aromatic rings. The van der Waals surface area contributed by atoms with E-state index in [4.69, 9.17) is 0 Å². The van der Waals surface area contributed by atoms with Crippen LogP contribution in [0, 0.1) is 17.6 Å². The number of rotatable bonds is 3. The van der Waals surface area contributed by atoms with Crippen LogP contribution in [0.2, 0.25) is 0 Å². The van der Waals surface area contributed by atoms with Gasteiger partial charge < -0.3 is 5.32 Å². The summed E-state index contributed by atoms with van der Waals surface area (Å²) in [5.74, 6) is -0.785. The van der Waals surface area contributed by atoms with Crippen LogP contribution in [0.3, 0.4) is 0 Å². The fraction of sp³-hybridized carbons (Fsp3) is 0.538. The summed E-state index contributed by atoms with van der Waals surface area (Å²) in [5.41, 5.74) is 0.553. The van der Waals surface area contributed by atoms with E-state index in [-0.39, 0.29) is 5.92 Å². The topological polar surface area (TPSA) is 12.0 Å². The van der Waals surface area contributed by atoms with Crippen molar-refractivity contribution in [3.05, 3.63) is 35.4 Å². The molecule has 1 aliphatic carbocycles. The lowest BCUT2D eigenvalue weighted by Crippen LogP contribution is -2.21. The summed E-state index contributed by atoms with van der Waals surface area (Å²) in [6.07, 6.45) is 3.17. The third-order valence-electron chi connectivity index (χ3n) is 3.51. The highest BCUT2D eigenvalue weighted by molar-refractivity contribution is 5.24.